The molecule has 116 valence electrons. The number of hydrogen-bond acceptors (Lipinski definition) is 2. The quantitative estimate of drug-likeness (QED) is 0.895. The highest BCUT2D eigenvalue weighted by Gasteiger charge is 2.30. The van der Waals surface area contributed by atoms with E-state index in [1.165, 1.54) is 6.07 Å². The molecule has 0 radical (unpaired) electrons. The van der Waals surface area contributed by atoms with Crippen LogP contribution in [0.5, 0.6) is 5.75 Å². The largest absolute Gasteiger partial charge is 0.478 e. The fourth-order valence-electron chi connectivity index (χ4n) is 1.85. The van der Waals surface area contributed by atoms with Crippen molar-refractivity contribution in [1.82, 2.24) is 0 Å². The molecule has 0 saturated carbocycles. The molecule has 1 amide bonds. The molecule has 0 aliphatic rings. The first-order chi connectivity index (χ1) is 10.3. The van der Waals surface area contributed by atoms with Crippen LogP contribution in [0, 0.1) is 12.7 Å². The van der Waals surface area contributed by atoms with Gasteiger partial charge in [-0.3, -0.25) is 4.79 Å². The van der Waals surface area contributed by atoms with Crippen LogP contribution in [0.15, 0.2) is 42.5 Å². The van der Waals surface area contributed by atoms with Crippen molar-refractivity contribution in [3.05, 3.63) is 58.9 Å². The van der Waals surface area contributed by atoms with Crippen LogP contribution < -0.4 is 10.1 Å². The summed E-state index contributed by atoms with van der Waals surface area (Å²) in [6, 6.07) is 11.2. The molecular formula is C17H17ClFNO2. The Balaban J connectivity index is 2.13. The fraction of sp³-hybridized carbons (Fsp3) is 0.235. The van der Waals surface area contributed by atoms with Gasteiger partial charge in [0.05, 0.1) is 5.69 Å². The molecule has 0 unspecified atom stereocenters. The summed E-state index contributed by atoms with van der Waals surface area (Å²) in [6.45, 7) is 5.06. The summed E-state index contributed by atoms with van der Waals surface area (Å²) in [5, 5.41) is 3.14. The molecule has 0 saturated heterocycles. The molecule has 0 aliphatic carbocycles. The number of benzene rings is 2. The molecule has 1 N–H and O–H groups in total. The van der Waals surface area contributed by atoms with Gasteiger partial charge in [0.15, 0.2) is 5.60 Å². The first kappa shape index (κ1) is 16.3. The van der Waals surface area contributed by atoms with E-state index >= 15 is 0 Å². The average molecular weight is 322 g/mol. The van der Waals surface area contributed by atoms with E-state index in [0.29, 0.717) is 10.8 Å². The van der Waals surface area contributed by atoms with Gasteiger partial charge in [0.1, 0.15) is 11.6 Å². The predicted molar refractivity (Wildman–Crippen MR) is 85.9 cm³/mol. The van der Waals surface area contributed by atoms with Crippen LogP contribution in [0.25, 0.3) is 0 Å². The molecule has 0 fully saturated rings. The Bertz CT molecular complexity index is 684. The monoisotopic (exact) mass is 321 g/mol. The van der Waals surface area contributed by atoms with E-state index in [9.17, 15) is 9.18 Å². The normalized spacial score (nSPS) is 11.1. The number of carbonyl (C=O) groups excluding carboxylic acids is 1. The van der Waals surface area contributed by atoms with Gasteiger partial charge in [0, 0.05) is 5.02 Å². The minimum atomic E-state index is -1.16. The van der Waals surface area contributed by atoms with Crippen LogP contribution in [-0.2, 0) is 4.79 Å². The van der Waals surface area contributed by atoms with Crippen LogP contribution in [0.1, 0.15) is 19.4 Å². The molecule has 22 heavy (non-hydrogen) atoms. The van der Waals surface area contributed by atoms with Gasteiger partial charge in [0.2, 0.25) is 0 Å². The van der Waals surface area contributed by atoms with Crippen molar-refractivity contribution in [2.24, 2.45) is 0 Å². The maximum Gasteiger partial charge on any atom is 0.268 e. The number of nitrogens with one attached hydrogen (secondary N) is 1. The van der Waals surface area contributed by atoms with Gasteiger partial charge in [-0.1, -0.05) is 17.7 Å². The lowest BCUT2D eigenvalue weighted by Crippen LogP contribution is -2.42. The van der Waals surface area contributed by atoms with Crippen LogP contribution in [0.3, 0.4) is 0 Å². The van der Waals surface area contributed by atoms with E-state index in [1.54, 1.807) is 50.2 Å². The smallest absolute Gasteiger partial charge is 0.268 e. The number of halogens is 2. The number of rotatable bonds is 4. The summed E-state index contributed by atoms with van der Waals surface area (Å²) in [6.07, 6.45) is 0. The van der Waals surface area contributed by atoms with Crippen LogP contribution in [0.4, 0.5) is 10.1 Å². The van der Waals surface area contributed by atoms with E-state index in [1.807, 2.05) is 6.92 Å². The molecule has 5 heteroatoms. The molecule has 0 aromatic heterocycles. The van der Waals surface area contributed by atoms with Crippen LogP contribution in [-0.4, -0.2) is 11.5 Å². The van der Waals surface area contributed by atoms with Gasteiger partial charge >= 0.3 is 0 Å². The molecular weight excluding hydrogens is 305 g/mol. The number of carbonyl (C=O) groups is 1. The van der Waals surface area contributed by atoms with Gasteiger partial charge in [-0.2, -0.15) is 0 Å². The van der Waals surface area contributed by atoms with Crippen molar-refractivity contribution in [3.8, 4) is 5.75 Å². The molecule has 0 atom stereocenters. The van der Waals surface area contributed by atoms with Crippen LogP contribution in [0.2, 0.25) is 5.02 Å². The maximum absolute atomic E-state index is 13.7. The van der Waals surface area contributed by atoms with Gasteiger partial charge in [0.25, 0.3) is 5.91 Å². The highest BCUT2D eigenvalue weighted by molar-refractivity contribution is 6.30. The Hall–Kier alpha value is -2.07. The molecule has 0 bridgehead atoms. The van der Waals surface area contributed by atoms with Crippen molar-refractivity contribution in [2.45, 2.75) is 26.4 Å². The van der Waals surface area contributed by atoms with E-state index in [-0.39, 0.29) is 5.69 Å². The van der Waals surface area contributed by atoms with Gasteiger partial charge in [-0.25, -0.2) is 4.39 Å². The van der Waals surface area contributed by atoms with Crippen molar-refractivity contribution >= 4 is 23.2 Å². The zero-order valence-electron chi connectivity index (χ0n) is 12.6. The maximum atomic E-state index is 13.7. The average Bonchev–Trinajstić information content (AvgIpc) is 2.45. The van der Waals surface area contributed by atoms with Gasteiger partial charge in [-0.15, -0.1) is 0 Å². The minimum absolute atomic E-state index is 0.137. The topological polar surface area (TPSA) is 38.3 Å². The third-order valence-electron chi connectivity index (χ3n) is 3.10. The second-order valence-electron chi connectivity index (χ2n) is 5.50. The molecule has 0 spiro atoms. The van der Waals surface area contributed by atoms with Crippen molar-refractivity contribution < 1.29 is 13.9 Å². The number of amides is 1. The van der Waals surface area contributed by atoms with Gasteiger partial charge < -0.3 is 10.1 Å². The van der Waals surface area contributed by atoms with Crippen LogP contribution >= 0.6 is 11.6 Å². The summed E-state index contributed by atoms with van der Waals surface area (Å²) in [5.74, 6) is -0.414. The Morgan fingerprint density at radius 3 is 2.45 bits per heavy atom. The predicted octanol–water partition coefficient (Wildman–Crippen LogP) is 4.58. The Morgan fingerprint density at radius 1 is 1.18 bits per heavy atom. The van der Waals surface area contributed by atoms with E-state index in [0.717, 1.165) is 5.56 Å². The Morgan fingerprint density at radius 2 is 1.82 bits per heavy atom. The van der Waals surface area contributed by atoms with E-state index < -0.39 is 17.3 Å². The standard InChI is InChI=1S/C17H17ClFNO2/c1-11-4-9-14(19)15(10-11)20-16(21)17(2,3)22-13-7-5-12(18)6-8-13/h4-10H,1-3H3,(H,20,21). The summed E-state index contributed by atoms with van der Waals surface area (Å²) >= 11 is 5.81. The highest BCUT2D eigenvalue weighted by Crippen LogP contribution is 2.23. The lowest BCUT2D eigenvalue weighted by Gasteiger charge is -2.25. The second-order valence-corrected chi connectivity index (χ2v) is 5.94. The number of aryl methyl sites for hydroxylation is 1. The van der Waals surface area contributed by atoms with E-state index in [4.69, 9.17) is 16.3 Å². The number of anilines is 1. The van der Waals surface area contributed by atoms with E-state index in [2.05, 4.69) is 5.32 Å². The fourth-order valence-corrected chi connectivity index (χ4v) is 1.98. The second kappa shape index (κ2) is 6.36. The molecule has 3 nitrogen and oxygen atoms in total. The first-order valence-corrected chi connectivity index (χ1v) is 7.18. The zero-order valence-corrected chi connectivity index (χ0v) is 13.4. The van der Waals surface area contributed by atoms with Gasteiger partial charge in [-0.05, 0) is 62.7 Å². The third kappa shape index (κ3) is 3.98. The number of ether oxygens (including phenoxy) is 1. The first-order valence-electron chi connectivity index (χ1n) is 6.80. The lowest BCUT2D eigenvalue weighted by atomic mass is 10.1. The zero-order chi connectivity index (χ0) is 16.3. The molecule has 2 rings (SSSR count). The SMILES string of the molecule is Cc1ccc(F)c(NC(=O)C(C)(C)Oc2ccc(Cl)cc2)c1. The Kier molecular flexibility index (Phi) is 4.71. The molecule has 2 aromatic carbocycles. The lowest BCUT2D eigenvalue weighted by molar-refractivity contribution is -0.128. The number of hydrogen-bond donors (Lipinski definition) is 1. The third-order valence-corrected chi connectivity index (χ3v) is 3.36. The summed E-state index contributed by atoms with van der Waals surface area (Å²) in [4.78, 5) is 12.3. The molecule has 0 aliphatic heterocycles. The Labute approximate surface area is 134 Å². The minimum Gasteiger partial charge on any atom is -0.478 e. The summed E-state index contributed by atoms with van der Waals surface area (Å²) in [7, 11) is 0. The molecule has 2 aromatic rings. The summed E-state index contributed by atoms with van der Waals surface area (Å²) in [5.41, 5.74) is -0.171. The summed E-state index contributed by atoms with van der Waals surface area (Å²) < 4.78 is 19.4. The highest BCUT2D eigenvalue weighted by atomic mass is 35.5. The van der Waals surface area contributed by atoms with Crippen molar-refractivity contribution in [2.75, 3.05) is 5.32 Å². The van der Waals surface area contributed by atoms with Crippen molar-refractivity contribution in [1.29, 1.82) is 0 Å². The van der Waals surface area contributed by atoms with Crippen molar-refractivity contribution in [3.63, 3.8) is 0 Å². The molecule has 0 heterocycles.